The lowest BCUT2D eigenvalue weighted by Gasteiger charge is -2.50. The van der Waals surface area contributed by atoms with Gasteiger partial charge in [0.1, 0.15) is 5.75 Å². The van der Waals surface area contributed by atoms with Crippen molar-refractivity contribution in [2.75, 3.05) is 25.7 Å². The number of rotatable bonds is 4. The van der Waals surface area contributed by atoms with Crippen molar-refractivity contribution in [3.8, 4) is 5.75 Å². The first-order valence-electron chi connectivity index (χ1n) is 12.2. The van der Waals surface area contributed by atoms with Crippen molar-refractivity contribution in [3.05, 3.63) is 59.7 Å². The Bertz CT molecular complexity index is 1010. The summed E-state index contributed by atoms with van der Waals surface area (Å²) in [4.78, 5) is 14.3. The van der Waals surface area contributed by atoms with Crippen molar-refractivity contribution in [2.24, 2.45) is 23.2 Å². The second-order valence-electron chi connectivity index (χ2n) is 10.4. The van der Waals surface area contributed by atoms with Crippen LogP contribution in [0.3, 0.4) is 0 Å². The Morgan fingerprint density at radius 3 is 2.67 bits per heavy atom. The highest BCUT2D eigenvalue weighted by Gasteiger charge is 2.58. The second kappa shape index (κ2) is 8.68. The number of anilines is 1. The number of methoxy groups -OCH3 is 2. The van der Waals surface area contributed by atoms with E-state index in [1.54, 1.807) is 12.0 Å². The molecule has 2 aromatic carbocycles. The minimum absolute atomic E-state index is 0.0373. The predicted octanol–water partition coefficient (Wildman–Crippen LogP) is 5.41. The third-order valence-electron chi connectivity index (χ3n) is 8.93. The zero-order valence-corrected chi connectivity index (χ0v) is 19.9. The molecular weight excluding hydrogens is 414 g/mol. The molecule has 0 unspecified atom stereocenters. The van der Waals surface area contributed by atoms with Gasteiger partial charge in [0.15, 0.2) is 0 Å². The first-order chi connectivity index (χ1) is 16.0. The maximum absolute atomic E-state index is 12.6. The van der Waals surface area contributed by atoms with Gasteiger partial charge in [0, 0.05) is 18.2 Å². The maximum atomic E-state index is 12.6. The minimum Gasteiger partial charge on any atom is -0.497 e. The summed E-state index contributed by atoms with van der Waals surface area (Å²) in [6.07, 6.45) is 4.52. The summed E-state index contributed by atoms with van der Waals surface area (Å²) >= 11 is 0. The van der Waals surface area contributed by atoms with Gasteiger partial charge in [-0.15, -0.1) is 0 Å². The number of benzene rings is 2. The van der Waals surface area contributed by atoms with Crippen LogP contribution in [0.15, 0.2) is 48.5 Å². The van der Waals surface area contributed by atoms with Gasteiger partial charge < -0.3 is 14.6 Å². The van der Waals surface area contributed by atoms with Gasteiger partial charge >= 0.3 is 6.09 Å². The van der Waals surface area contributed by atoms with Crippen LogP contribution >= 0.6 is 0 Å². The number of amides is 1. The number of hydrogen-bond acceptors (Lipinski definition) is 4. The zero-order valence-electron chi connectivity index (χ0n) is 19.9. The van der Waals surface area contributed by atoms with E-state index in [-0.39, 0.29) is 17.4 Å². The van der Waals surface area contributed by atoms with Crippen molar-refractivity contribution >= 4 is 11.8 Å². The van der Waals surface area contributed by atoms with E-state index in [1.807, 2.05) is 30.3 Å². The van der Waals surface area contributed by atoms with Crippen LogP contribution in [0.1, 0.15) is 49.7 Å². The zero-order chi connectivity index (χ0) is 23.2. The standard InChI is InChI=1S/C28H35NO4/c1-28-14-13-23-22-12-10-21(32-2)15-18(22)9-11-24(23)25(28)16-19(26(28)30)17-29(27(31)33-3)20-7-5-4-6-8-20/h4-8,10,12,15,19,23-26,30H,9,11,13-14,16-17H2,1-3H3/t19-,23-,24-,25+,26-,28+/m1/s1. The van der Waals surface area contributed by atoms with Crippen molar-refractivity contribution in [1.29, 1.82) is 0 Å². The summed E-state index contributed by atoms with van der Waals surface area (Å²) in [6.45, 7) is 2.77. The number of nitrogens with zero attached hydrogens (tertiary/aromatic N) is 1. The van der Waals surface area contributed by atoms with Crippen LogP contribution in [0.2, 0.25) is 0 Å². The van der Waals surface area contributed by atoms with E-state index in [0.717, 1.165) is 43.5 Å². The molecule has 6 atom stereocenters. The molecule has 33 heavy (non-hydrogen) atoms. The molecule has 0 aliphatic heterocycles. The summed E-state index contributed by atoms with van der Waals surface area (Å²) < 4.78 is 10.6. The molecule has 0 radical (unpaired) electrons. The third kappa shape index (κ3) is 3.71. The maximum Gasteiger partial charge on any atom is 0.414 e. The topological polar surface area (TPSA) is 59.0 Å². The summed E-state index contributed by atoms with van der Waals surface area (Å²) in [5.74, 6) is 2.56. The van der Waals surface area contributed by atoms with Gasteiger partial charge in [-0.1, -0.05) is 31.2 Å². The van der Waals surface area contributed by atoms with Crippen molar-refractivity contribution in [2.45, 2.75) is 51.0 Å². The summed E-state index contributed by atoms with van der Waals surface area (Å²) in [6, 6.07) is 16.2. The normalized spacial score (nSPS) is 32.3. The lowest BCUT2D eigenvalue weighted by molar-refractivity contribution is -0.0318. The smallest absolute Gasteiger partial charge is 0.414 e. The Morgan fingerprint density at radius 2 is 1.94 bits per heavy atom. The Balaban J connectivity index is 1.40. The summed E-state index contributed by atoms with van der Waals surface area (Å²) in [5, 5.41) is 11.6. The second-order valence-corrected chi connectivity index (χ2v) is 10.4. The largest absolute Gasteiger partial charge is 0.497 e. The monoisotopic (exact) mass is 449 g/mol. The fourth-order valence-corrected chi connectivity index (χ4v) is 7.25. The number of aliphatic hydroxyl groups excluding tert-OH is 1. The molecule has 176 valence electrons. The molecule has 2 aromatic rings. The first kappa shape index (κ1) is 22.3. The highest BCUT2D eigenvalue weighted by Crippen LogP contribution is 2.62. The molecule has 0 bridgehead atoms. The minimum atomic E-state index is -0.420. The number of hydrogen-bond donors (Lipinski definition) is 1. The molecule has 0 saturated heterocycles. The van der Waals surface area contributed by atoms with Crippen LogP contribution in [0.5, 0.6) is 5.75 Å². The highest BCUT2D eigenvalue weighted by atomic mass is 16.5. The number of para-hydroxylation sites is 1. The number of carbonyl (C=O) groups is 1. The van der Waals surface area contributed by atoms with Gasteiger partial charge in [0.2, 0.25) is 0 Å². The third-order valence-corrected chi connectivity index (χ3v) is 8.93. The lowest BCUT2D eigenvalue weighted by atomic mass is 9.55. The number of carbonyl (C=O) groups excluding carboxylic acids is 1. The van der Waals surface area contributed by atoms with E-state index in [2.05, 4.69) is 25.1 Å². The van der Waals surface area contributed by atoms with Crippen LogP contribution in [0.25, 0.3) is 0 Å². The van der Waals surface area contributed by atoms with E-state index in [0.29, 0.717) is 24.3 Å². The molecule has 2 fully saturated rings. The van der Waals surface area contributed by atoms with Crippen LogP contribution < -0.4 is 9.64 Å². The van der Waals surface area contributed by atoms with Gasteiger partial charge in [-0.25, -0.2) is 4.79 Å². The van der Waals surface area contributed by atoms with Crippen molar-refractivity contribution in [3.63, 3.8) is 0 Å². The van der Waals surface area contributed by atoms with E-state index < -0.39 is 6.10 Å². The quantitative estimate of drug-likeness (QED) is 0.678. The molecule has 3 aliphatic rings. The van der Waals surface area contributed by atoms with Gasteiger partial charge in [-0.05, 0) is 90.7 Å². The predicted molar refractivity (Wildman–Crippen MR) is 129 cm³/mol. The van der Waals surface area contributed by atoms with Crippen LogP contribution in [0.4, 0.5) is 10.5 Å². The summed E-state index contributed by atoms with van der Waals surface area (Å²) in [7, 11) is 3.15. The average Bonchev–Trinajstić information content (AvgIpc) is 3.11. The van der Waals surface area contributed by atoms with Gasteiger partial charge in [0.25, 0.3) is 0 Å². The SMILES string of the molecule is COC(=O)N(C[C@H]1C[C@H]2[C@@H]3CCc4cc(OC)ccc4[C@H]3CC[C@]2(C)[C@@H]1O)c1ccccc1. The Kier molecular flexibility index (Phi) is 5.86. The van der Waals surface area contributed by atoms with Crippen molar-refractivity contribution < 1.29 is 19.4 Å². The molecule has 0 heterocycles. The Labute approximate surface area is 196 Å². The number of aliphatic hydroxyl groups is 1. The number of aryl methyl sites for hydroxylation is 1. The molecule has 5 nitrogen and oxygen atoms in total. The van der Waals surface area contributed by atoms with Crippen LogP contribution in [0, 0.1) is 23.2 Å². The van der Waals surface area contributed by atoms with Crippen LogP contribution in [-0.2, 0) is 11.2 Å². The Morgan fingerprint density at radius 1 is 1.15 bits per heavy atom. The highest BCUT2D eigenvalue weighted by molar-refractivity contribution is 5.87. The molecular formula is C28H35NO4. The fourth-order valence-electron chi connectivity index (χ4n) is 7.25. The van der Waals surface area contributed by atoms with Crippen LogP contribution in [-0.4, -0.2) is 38.1 Å². The molecule has 3 aliphatic carbocycles. The molecule has 5 heteroatoms. The van der Waals surface area contributed by atoms with Gasteiger partial charge in [-0.3, -0.25) is 4.90 Å². The first-order valence-corrected chi connectivity index (χ1v) is 12.2. The van der Waals surface area contributed by atoms with Crippen molar-refractivity contribution in [1.82, 2.24) is 0 Å². The lowest BCUT2D eigenvalue weighted by Crippen LogP contribution is -2.45. The van der Waals surface area contributed by atoms with E-state index in [9.17, 15) is 9.90 Å². The molecule has 1 amide bonds. The average molecular weight is 450 g/mol. The number of fused-ring (bicyclic) bond motifs is 5. The van der Waals surface area contributed by atoms with Gasteiger partial charge in [0.05, 0.1) is 20.3 Å². The van der Waals surface area contributed by atoms with E-state index in [4.69, 9.17) is 9.47 Å². The molecule has 2 saturated carbocycles. The summed E-state index contributed by atoms with van der Waals surface area (Å²) in [5.41, 5.74) is 3.62. The van der Waals surface area contributed by atoms with Gasteiger partial charge in [-0.2, -0.15) is 0 Å². The molecule has 0 spiro atoms. The van der Waals surface area contributed by atoms with E-state index >= 15 is 0 Å². The molecule has 5 rings (SSSR count). The molecule has 1 N–H and O–H groups in total. The Hall–Kier alpha value is -2.53. The molecule has 0 aromatic heterocycles. The number of ether oxygens (including phenoxy) is 2. The van der Waals surface area contributed by atoms with E-state index in [1.165, 1.54) is 18.2 Å². The fraction of sp³-hybridized carbons (Fsp3) is 0.536.